The summed E-state index contributed by atoms with van der Waals surface area (Å²) in [6, 6.07) is 12.6. The number of ether oxygens (including phenoxy) is 1. The van der Waals surface area contributed by atoms with Crippen LogP contribution < -0.4 is 19.9 Å². The van der Waals surface area contributed by atoms with E-state index < -0.39 is 23.8 Å². The van der Waals surface area contributed by atoms with Crippen LogP contribution in [0, 0.1) is 11.8 Å². The molecule has 296 valence electrons. The van der Waals surface area contributed by atoms with Gasteiger partial charge in [-0.05, 0) is 81.3 Å². The summed E-state index contributed by atoms with van der Waals surface area (Å²) in [7, 11) is 0. The number of nitrogens with one attached hydrogen (secondary N) is 2. The third kappa shape index (κ3) is 7.00. The van der Waals surface area contributed by atoms with E-state index in [1.165, 1.54) is 0 Å². The second-order valence-corrected chi connectivity index (χ2v) is 17.1. The second kappa shape index (κ2) is 14.2. The number of H-pyrrole nitrogens is 1. The highest BCUT2D eigenvalue weighted by atomic mass is 16.5. The Morgan fingerprint density at radius 1 is 0.789 bits per heavy atom. The van der Waals surface area contributed by atoms with Gasteiger partial charge in [0.05, 0.1) is 22.3 Å². The molecule has 2 N–H and O–H groups in total. The predicted octanol–water partition coefficient (Wildman–Crippen LogP) is 3.32. The molecule has 57 heavy (non-hydrogen) atoms. The van der Waals surface area contributed by atoms with Crippen molar-refractivity contribution < 1.29 is 23.9 Å². The van der Waals surface area contributed by atoms with Crippen molar-refractivity contribution in [2.24, 2.45) is 11.8 Å². The Bertz CT molecular complexity index is 2250. The smallest absolute Gasteiger partial charge is 0.262 e. The molecule has 0 spiro atoms. The quantitative estimate of drug-likeness (QED) is 0.227. The molecule has 4 saturated heterocycles. The average Bonchev–Trinajstić information content (AvgIpc) is 3.68. The van der Waals surface area contributed by atoms with Crippen LogP contribution in [-0.4, -0.2) is 136 Å². The molecular formula is C42H48N10O5. The summed E-state index contributed by atoms with van der Waals surface area (Å²) in [5, 5.41) is 11.0. The molecule has 4 aromatic rings. The lowest BCUT2D eigenvalue weighted by Crippen LogP contribution is -2.55. The fourth-order valence-electron chi connectivity index (χ4n) is 9.25. The number of hydrogen-bond donors (Lipinski definition) is 2. The van der Waals surface area contributed by atoms with Gasteiger partial charge in [0.25, 0.3) is 11.8 Å². The van der Waals surface area contributed by atoms with Gasteiger partial charge in [0.15, 0.2) is 0 Å². The van der Waals surface area contributed by atoms with E-state index >= 15 is 0 Å². The number of piperidine rings is 2. The molecule has 15 nitrogen and oxygen atoms in total. The highest BCUT2D eigenvalue weighted by molar-refractivity contribution is 6.23. The first-order chi connectivity index (χ1) is 27.7. The van der Waals surface area contributed by atoms with Crippen LogP contribution in [0.1, 0.15) is 66.2 Å². The molecule has 5 aliphatic heterocycles. The first-order valence-electron chi connectivity index (χ1n) is 20.5. The zero-order valence-corrected chi connectivity index (χ0v) is 32.3. The number of aromatic nitrogens is 4. The van der Waals surface area contributed by atoms with Crippen molar-refractivity contribution in [1.82, 2.24) is 40.2 Å². The van der Waals surface area contributed by atoms with E-state index in [9.17, 15) is 19.2 Å². The van der Waals surface area contributed by atoms with Crippen LogP contribution in [0.5, 0.6) is 5.75 Å². The Morgan fingerprint density at radius 2 is 1.53 bits per heavy atom. The van der Waals surface area contributed by atoms with Crippen LogP contribution in [0.4, 0.5) is 11.5 Å². The molecule has 0 bridgehead atoms. The van der Waals surface area contributed by atoms with Crippen molar-refractivity contribution in [1.29, 1.82) is 0 Å². The molecule has 7 heterocycles. The minimum atomic E-state index is -0.953. The number of fused-ring (bicyclic) bond motifs is 2. The SMILES string of the molecule is CC1(Oc2ccc3[nH]nc(-c4cc(N5CC(CN6CCN(CC7CCN(c8ccc9c(c8)C(=O)N(C8CCC(=O)NC8=O)C9=O)CC7)CC6)C5)ncn4)c3c2)CC1. The summed E-state index contributed by atoms with van der Waals surface area (Å²) in [5.74, 6) is 1.14. The van der Waals surface area contributed by atoms with E-state index in [2.05, 4.69) is 64.1 Å². The fraction of sp³-hybridized carbons (Fsp3) is 0.500. The molecule has 15 heteroatoms. The monoisotopic (exact) mass is 772 g/mol. The van der Waals surface area contributed by atoms with Gasteiger partial charge in [0, 0.05) is 94.9 Å². The Morgan fingerprint density at radius 3 is 2.26 bits per heavy atom. The fourth-order valence-corrected chi connectivity index (χ4v) is 9.25. The van der Waals surface area contributed by atoms with Gasteiger partial charge < -0.3 is 24.3 Å². The zero-order valence-electron chi connectivity index (χ0n) is 32.3. The molecule has 1 saturated carbocycles. The summed E-state index contributed by atoms with van der Waals surface area (Å²) >= 11 is 0. The maximum absolute atomic E-state index is 13.3. The number of piperazine rings is 1. The molecule has 1 atom stereocenters. The normalized spacial score (nSPS) is 23.2. The predicted molar refractivity (Wildman–Crippen MR) is 212 cm³/mol. The van der Waals surface area contributed by atoms with E-state index in [-0.39, 0.29) is 24.3 Å². The van der Waals surface area contributed by atoms with Crippen LogP contribution in [-0.2, 0) is 9.59 Å². The number of nitrogens with zero attached hydrogens (tertiary/aromatic N) is 8. The summed E-state index contributed by atoms with van der Waals surface area (Å²) in [5.41, 5.74) is 4.12. The summed E-state index contributed by atoms with van der Waals surface area (Å²) in [6.45, 7) is 12.4. The van der Waals surface area contributed by atoms with Gasteiger partial charge >= 0.3 is 0 Å². The van der Waals surface area contributed by atoms with Crippen LogP contribution in [0.3, 0.4) is 0 Å². The van der Waals surface area contributed by atoms with Crippen molar-refractivity contribution in [2.75, 3.05) is 75.2 Å². The molecule has 1 unspecified atom stereocenters. The Balaban J connectivity index is 0.671. The van der Waals surface area contributed by atoms with Crippen molar-refractivity contribution in [3.8, 4) is 17.1 Å². The third-order valence-corrected chi connectivity index (χ3v) is 12.9. The number of aromatic amines is 1. The van der Waals surface area contributed by atoms with Gasteiger partial charge in [-0.2, -0.15) is 5.10 Å². The minimum absolute atomic E-state index is 0.0431. The lowest BCUT2D eigenvalue weighted by Gasteiger charge is -2.44. The zero-order chi connectivity index (χ0) is 38.8. The largest absolute Gasteiger partial charge is 0.488 e. The molecular weight excluding hydrogens is 725 g/mol. The third-order valence-electron chi connectivity index (χ3n) is 12.9. The molecule has 5 fully saturated rings. The van der Waals surface area contributed by atoms with E-state index in [1.807, 2.05) is 18.2 Å². The Labute approximate surface area is 330 Å². The topological polar surface area (TPSA) is 160 Å². The Kier molecular flexibility index (Phi) is 8.96. The van der Waals surface area contributed by atoms with Gasteiger partial charge in [0.2, 0.25) is 11.8 Å². The number of benzene rings is 2. The average molecular weight is 773 g/mol. The molecule has 2 aromatic heterocycles. The van der Waals surface area contributed by atoms with Crippen LogP contribution in [0.25, 0.3) is 22.3 Å². The highest BCUT2D eigenvalue weighted by Crippen LogP contribution is 2.41. The van der Waals surface area contributed by atoms with Gasteiger partial charge in [-0.25, -0.2) is 9.97 Å². The number of amides is 4. The maximum Gasteiger partial charge on any atom is 0.262 e. The number of imide groups is 2. The highest BCUT2D eigenvalue weighted by Gasteiger charge is 2.45. The van der Waals surface area contributed by atoms with Crippen molar-refractivity contribution in [2.45, 2.75) is 57.1 Å². The number of hydrogen-bond acceptors (Lipinski definition) is 12. The van der Waals surface area contributed by atoms with E-state index in [1.54, 1.807) is 18.5 Å². The molecule has 0 radical (unpaired) electrons. The summed E-state index contributed by atoms with van der Waals surface area (Å²) < 4.78 is 6.21. The first kappa shape index (κ1) is 36.0. The first-order valence-corrected chi connectivity index (χ1v) is 20.5. The maximum atomic E-state index is 13.3. The van der Waals surface area contributed by atoms with Crippen LogP contribution >= 0.6 is 0 Å². The number of anilines is 2. The lowest BCUT2D eigenvalue weighted by atomic mass is 9.95. The van der Waals surface area contributed by atoms with Crippen molar-refractivity contribution >= 4 is 46.0 Å². The van der Waals surface area contributed by atoms with E-state index in [0.717, 1.165) is 136 Å². The molecule has 2 aromatic carbocycles. The standard InChI is InChI=1S/C42H48N10O5/c1-42(10-11-42)57-29-3-5-33-32(19-29)38(47-46-33)34-20-36(44-25-43-34)51-23-27(24-51)22-49-16-14-48(15-17-49)21-26-8-12-50(13-9-26)28-2-4-30-31(18-28)41(56)52(40(30)55)35-6-7-37(53)45-39(35)54/h2-5,18-20,25-27,35H,6-17,21-24H2,1H3,(H,46,47)(H,45,53,54). The number of rotatable bonds is 10. The minimum Gasteiger partial charge on any atom is -0.488 e. The van der Waals surface area contributed by atoms with Crippen LogP contribution in [0.15, 0.2) is 48.8 Å². The van der Waals surface area contributed by atoms with Crippen molar-refractivity contribution in [3.63, 3.8) is 0 Å². The van der Waals surface area contributed by atoms with Crippen molar-refractivity contribution in [3.05, 3.63) is 59.9 Å². The number of carbonyl (C=O) groups is 4. The van der Waals surface area contributed by atoms with Crippen LogP contribution in [0.2, 0.25) is 0 Å². The summed E-state index contributed by atoms with van der Waals surface area (Å²) in [6.07, 6.45) is 6.22. The van der Waals surface area contributed by atoms with E-state index in [4.69, 9.17) is 4.74 Å². The molecule has 10 rings (SSSR count). The number of carbonyl (C=O) groups excluding carboxylic acids is 4. The van der Waals surface area contributed by atoms with Gasteiger partial charge in [0.1, 0.15) is 35.2 Å². The van der Waals surface area contributed by atoms with Gasteiger partial charge in [-0.15, -0.1) is 0 Å². The Hall–Kier alpha value is -5.41. The molecule has 1 aliphatic carbocycles. The second-order valence-electron chi connectivity index (χ2n) is 17.1. The lowest BCUT2D eigenvalue weighted by molar-refractivity contribution is -0.136. The molecule has 4 amide bonds. The van der Waals surface area contributed by atoms with Gasteiger partial charge in [-0.1, -0.05) is 0 Å². The van der Waals surface area contributed by atoms with E-state index in [0.29, 0.717) is 23.0 Å². The van der Waals surface area contributed by atoms with Gasteiger partial charge in [-0.3, -0.25) is 34.5 Å². The summed E-state index contributed by atoms with van der Waals surface area (Å²) in [4.78, 5) is 70.6. The molecule has 6 aliphatic rings.